The molecule has 0 aromatic heterocycles. The first-order valence-corrected chi connectivity index (χ1v) is 14.6. The van der Waals surface area contributed by atoms with Crippen LogP contribution in [0.3, 0.4) is 0 Å². The lowest BCUT2D eigenvalue weighted by molar-refractivity contribution is -0.149. The molecule has 1 aliphatic carbocycles. The van der Waals surface area contributed by atoms with E-state index in [0.29, 0.717) is 25.7 Å². The standard InChI is InChI=1S/C34H44N2O5/c1-3-13-28(23-31(38)36-34(25-37)19-11-12-20-34)32(39)35-30(22-27-17-9-6-10-18-27)24-41-33(40)29(14-4-2)21-26-15-7-5-8-16-26/h3-10,15-18,28-30,37H,1-2,11-14,19-25H2,(H,35,39)(H,36,38)/t28-,29+,30+/m1/s1. The van der Waals surface area contributed by atoms with Gasteiger partial charge in [-0.3, -0.25) is 14.4 Å². The summed E-state index contributed by atoms with van der Waals surface area (Å²) in [7, 11) is 0. The second kappa shape index (κ2) is 16.5. The maximum absolute atomic E-state index is 13.4. The van der Waals surface area contributed by atoms with Gasteiger partial charge >= 0.3 is 5.97 Å². The van der Waals surface area contributed by atoms with Gasteiger partial charge in [-0.15, -0.1) is 13.2 Å². The van der Waals surface area contributed by atoms with Crippen molar-refractivity contribution < 1.29 is 24.2 Å². The minimum atomic E-state index is -0.634. The van der Waals surface area contributed by atoms with Gasteiger partial charge in [0.25, 0.3) is 0 Å². The van der Waals surface area contributed by atoms with Gasteiger partial charge in [-0.2, -0.15) is 0 Å². The normalized spacial score (nSPS) is 16.1. The van der Waals surface area contributed by atoms with E-state index in [1.807, 2.05) is 60.7 Å². The summed E-state index contributed by atoms with van der Waals surface area (Å²) in [6, 6.07) is 19.0. The van der Waals surface area contributed by atoms with Gasteiger partial charge in [-0.1, -0.05) is 85.7 Å². The zero-order chi connectivity index (χ0) is 29.5. The van der Waals surface area contributed by atoms with Crippen molar-refractivity contribution in [2.24, 2.45) is 11.8 Å². The molecule has 0 aliphatic heterocycles. The van der Waals surface area contributed by atoms with Crippen molar-refractivity contribution in [1.29, 1.82) is 0 Å². The highest BCUT2D eigenvalue weighted by Crippen LogP contribution is 2.29. The molecule has 7 heteroatoms. The SMILES string of the molecule is C=CC[C@H](CC(=O)NC1(CO)CCCC1)C(=O)N[C@H](COC(=O)[C@@H](CC=C)Cc1ccccc1)Cc1ccccc1. The van der Waals surface area contributed by atoms with Gasteiger partial charge in [0.05, 0.1) is 30.0 Å². The van der Waals surface area contributed by atoms with Crippen molar-refractivity contribution in [1.82, 2.24) is 10.6 Å². The Morgan fingerprint density at radius 2 is 1.44 bits per heavy atom. The molecule has 0 saturated heterocycles. The first-order valence-electron chi connectivity index (χ1n) is 14.6. The molecule has 0 bridgehead atoms. The predicted molar refractivity (Wildman–Crippen MR) is 161 cm³/mol. The fourth-order valence-corrected chi connectivity index (χ4v) is 5.46. The number of amides is 2. The van der Waals surface area contributed by atoms with E-state index in [4.69, 9.17) is 4.74 Å². The number of benzene rings is 2. The predicted octanol–water partition coefficient (Wildman–Crippen LogP) is 4.70. The zero-order valence-electron chi connectivity index (χ0n) is 23.9. The maximum atomic E-state index is 13.4. The summed E-state index contributed by atoms with van der Waals surface area (Å²) in [4.78, 5) is 39.5. The van der Waals surface area contributed by atoms with E-state index in [-0.39, 0.29) is 43.3 Å². The van der Waals surface area contributed by atoms with Crippen molar-refractivity contribution in [3.8, 4) is 0 Å². The smallest absolute Gasteiger partial charge is 0.309 e. The van der Waals surface area contributed by atoms with Gasteiger partial charge in [-0.25, -0.2) is 0 Å². The Kier molecular flexibility index (Phi) is 12.8. The minimum Gasteiger partial charge on any atom is -0.463 e. The molecular formula is C34H44N2O5. The lowest BCUT2D eigenvalue weighted by atomic mass is 9.95. The number of allylic oxidation sites excluding steroid dienone is 2. The van der Waals surface area contributed by atoms with Crippen LogP contribution in [0.25, 0.3) is 0 Å². The fourth-order valence-electron chi connectivity index (χ4n) is 5.46. The van der Waals surface area contributed by atoms with Crippen LogP contribution in [-0.4, -0.2) is 47.7 Å². The van der Waals surface area contributed by atoms with Crippen LogP contribution in [0.1, 0.15) is 56.1 Å². The Bertz CT molecular complexity index is 1130. The average Bonchev–Trinajstić information content (AvgIpc) is 3.45. The van der Waals surface area contributed by atoms with Crippen LogP contribution >= 0.6 is 0 Å². The van der Waals surface area contributed by atoms with Crippen LogP contribution < -0.4 is 10.6 Å². The third-order valence-electron chi connectivity index (χ3n) is 7.73. The first-order chi connectivity index (χ1) is 19.9. The number of hydrogen-bond donors (Lipinski definition) is 3. The Balaban J connectivity index is 1.67. The Labute approximate surface area is 244 Å². The topological polar surface area (TPSA) is 105 Å². The molecule has 2 amide bonds. The van der Waals surface area contributed by atoms with Gasteiger partial charge in [0.1, 0.15) is 6.61 Å². The Morgan fingerprint density at radius 1 is 0.878 bits per heavy atom. The number of carbonyl (C=O) groups excluding carboxylic acids is 3. The van der Waals surface area contributed by atoms with Crippen LogP contribution in [-0.2, 0) is 32.0 Å². The van der Waals surface area contributed by atoms with Crippen molar-refractivity contribution in [3.63, 3.8) is 0 Å². The second-order valence-corrected chi connectivity index (χ2v) is 11.1. The summed E-state index contributed by atoms with van der Waals surface area (Å²) >= 11 is 0. The van der Waals surface area contributed by atoms with Crippen LogP contribution in [0, 0.1) is 11.8 Å². The highest BCUT2D eigenvalue weighted by molar-refractivity contribution is 5.86. The number of ether oxygens (including phenoxy) is 1. The Morgan fingerprint density at radius 3 is 2.00 bits per heavy atom. The first kappa shape index (κ1) is 31.8. The summed E-state index contributed by atoms with van der Waals surface area (Å²) in [5, 5.41) is 15.9. The molecule has 3 atom stereocenters. The zero-order valence-corrected chi connectivity index (χ0v) is 23.9. The number of esters is 1. The summed E-state index contributed by atoms with van der Waals surface area (Å²) in [5.74, 6) is -1.91. The summed E-state index contributed by atoms with van der Waals surface area (Å²) in [5.41, 5.74) is 1.43. The molecule has 1 aliphatic rings. The van der Waals surface area contributed by atoms with Crippen LogP contribution in [0.5, 0.6) is 0 Å². The molecule has 7 nitrogen and oxygen atoms in total. The van der Waals surface area contributed by atoms with Crippen molar-refractivity contribution in [2.45, 2.75) is 69.4 Å². The molecule has 0 unspecified atom stereocenters. The minimum absolute atomic E-state index is 0.00251. The van der Waals surface area contributed by atoms with Crippen LogP contribution in [0.15, 0.2) is 86.0 Å². The highest BCUT2D eigenvalue weighted by Gasteiger charge is 2.35. The molecule has 0 heterocycles. The molecule has 0 radical (unpaired) electrons. The molecule has 1 saturated carbocycles. The largest absolute Gasteiger partial charge is 0.463 e. The molecule has 3 N–H and O–H groups in total. The molecule has 1 fully saturated rings. The monoisotopic (exact) mass is 560 g/mol. The maximum Gasteiger partial charge on any atom is 0.309 e. The number of rotatable bonds is 17. The van der Waals surface area contributed by atoms with E-state index >= 15 is 0 Å². The number of aliphatic hydroxyl groups is 1. The van der Waals surface area contributed by atoms with Crippen LogP contribution in [0.4, 0.5) is 0 Å². The molecule has 3 rings (SSSR count). The van der Waals surface area contributed by atoms with Gasteiger partial charge < -0.3 is 20.5 Å². The summed E-state index contributed by atoms with van der Waals surface area (Å²) in [6.07, 6.45) is 8.50. The molecule has 220 valence electrons. The van der Waals surface area contributed by atoms with Crippen LogP contribution in [0.2, 0.25) is 0 Å². The third-order valence-corrected chi connectivity index (χ3v) is 7.73. The molecule has 0 spiro atoms. The quantitative estimate of drug-likeness (QED) is 0.192. The van der Waals surface area contributed by atoms with Gasteiger partial charge in [0, 0.05) is 6.42 Å². The van der Waals surface area contributed by atoms with Gasteiger partial charge in [0.15, 0.2) is 0 Å². The second-order valence-electron chi connectivity index (χ2n) is 11.1. The molecule has 41 heavy (non-hydrogen) atoms. The molecule has 2 aromatic rings. The number of nitrogens with one attached hydrogen (secondary N) is 2. The molecular weight excluding hydrogens is 516 g/mol. The van der Waals surface area contributed by atoms with E-state index < -0.39 is 17.5 Å². The highest BCUT2D eigenvalue weighted by atomic mass is 16.5. The van der Waals surface area contributed by atoms with Crippen molar-refractivity contribution >= 4 is 17.8 Å². The van der Waals surface area contributed by atoms with E-state index in [9.17, 15) is 19.5 Å². The lowest BCUT2D eigenvalue weighted by Gasteiger charge is -2.29. The number of carbonyl (C=O) groups is 3. The lowest BCUT2D eigenvalue weighted by Crippen LogP contribution is -2.50. The summed E-state index contributed by atoms with van der Waals surface area (Å²) < 4.78 is 5.77. The fraction of sp³-hybridized carbons (Fsp3) is 0.441. The van der Waals surface area contributed by atoms with E-state index in [1.165, 1.54) is 0 Å². The summed E-state index contributed by atoms with van der Waals surface area (Å²) in [6.45, 7) is 7.46. The van der Waals surface area contributed by atoms with E-state index in [0.717, 1.165) is 36.8 Å². The van der Waals surface area contributed by atoms with Crippen molar-refractivity contribution in [2.75, 3.05) is 13.2 Å². The van der Waals surface area contributed by atoms with Gasteiger partial charge in [-0.05, 0) is 49.7 Å². The van der Waals surface area contributed by atoms with E-state index in [2.05, 4.69) is 23.8 Å². The third kappa shape index (κ3) is 10.3. The van der Waals surface area contributed by atoms with Crippen molar-refractivity contribution in [3.05, 3.63) is 97.1 Å². The number of hydrogen-bond acceptors (Lipinski definition) is 5. The van der Waals surface area contributed by atoms with Gasteiger partial charge in [0.2, 0.25) is 11.8 Å². The Hall–Kier alpha value is -3.71. The number of aliphatic hydroxyl groups excluding tert-OH is 1. The van der Waals surface area contributed by atoms with E-state index in [1.54, 1.807) is 12.2 Å². The molecule has 2 aromatic carbocycles. The average molecular weight is 561 g/mol.